The van der Waals surface area contributed by atoms with E-state index in [2.05, 4.69) is 12.2 Å². The molecule has 0 saturated heterocycles. The van der Waals surface area contributed by atoms with Gasteiger partial charge in [-0.15, -0.1) is 0 Å². The number of ether oxygens (including phenoxy) is 3. The number of rotatable bonds is 6. The molecule has 7 heteroatoms. The molecule has 1 amide bonds. The maximum absolute atomic E-state index is 12.2. The molecule has 0 radical (unpaired) electrons. The molecule has 1 aromatic rings. The highest BCUT2D eigenvalue weighted by Crippen LogP contribution is 2.36. The Morgan fingerprint density at radius 3 is 2.56 bits per heavy atom. The second-order valence-electron chi connectivity index (χ2n) is 6.21. The molecule has 1 aliphatic carbocycles. The molecule has 0 unspecified atom stereocenters. The van der Waals surface area contributed by atoms with Crippen molar-refractivity contribution in [1.82, 2.24) is 5.32 Å². The van der Waals surface area contributed by atoms with E-state index in [0.717, 1.165) is 19.3 Å². The van der Waals surface area contributed by atoms with Crippen LogP contribution in [0.3, 0.4) is 0 Å². The maximum atomic E-state index is 12.2. The first-order chi connectivity index (χ1) is 12.0. The molecule has 0 heterocycles. The molecule has 1 saturated carbocycles. The van der Waals surface area contributed by atoms with Crippen LogP contribution >= 0.6 is 11.6 Å². The van der Waals surface area contributed by atoms with Crippen LogP contribution in [-0.2, 0) is 9.53 Å². The largest absolute Gasteiger partial charge is 0.493 e. The van der Waals surface area contributed by atoms with Crippen molar-refractivity contribution in [2.75, 3.05) is 20.8 Å². The number of nitrogens with one attached hydrogen (secondary N) is 1. The van der Waals surface area contributed by atoms with Crippen molar-refractivity contribution in [3.8, 4) is 11.5 Å². The summed E-state index contributed by atoms with van der Waals surface area (Å²) in [5.74, 6) is 0.165. The third-order valence-corrected chi connectivity index (χ3v) is 4.74. The lowest BCUT2D eigenvalue weighted by molar-refractivity contribution is -0.125. The second-order valence-corrected chi connectivity index (χ2v) is 6.61. The van der Waals surface area contributed by atoms with Crippen LogP contribution in [0.15, 0.2) is 12.1 Å². The van der Waals surface area contributed by atoms with Gasteiger partial charge in [0.05, 0.1) is 24.8 Å². The molecule has 138 valence electrons. The Balaban J connectivity index is 1.93. The topological polar surface area (TPSA) is 73.9 Å². The second kappa shape index (κ2) is 8.94. The third kappa shape index (κ3) is 5.01. The SMILES string of the molecule is COc1cc(C(=O)OCC(=O)N[C@H]2CCCC[C@@H]2C)cc(Cl)c1OC. The van der Waals surface area contributed by atoms with Crippen molar-refractivity contribution in [2.24, 2.45) is 5.92 Å². The van der Waals surface area contributed by atoms with Crippen molar-refractivity contribution in [3.05, 3.63) is 22.7 Å². The van der Waals surface area contributed by atoms with Crippen molar-refractivity contribution in [2.45, 2.75) is 38.6 Å². The molecule has 0 bridgehead atoms. The van der Waals surface area contributed by atoms with Crippen LogP contribution in [0.2, 0.25) is 5.02 Å². The standard InChI is InChI=1S/C18H24ClNO5/c1-11-6-4-5-7-14(11)20-16(21)10-25-18(22)12-8-13(19)17(24-3)15(9-12)23-2/h8-9,11,14H,4-7,10H2,1-3H3,(H,20,21)/t11-,14-/m0/s1. The van der Waals surface area contributed by atoms with Gasteiger partial charge in [-0.3, -0.25) is 4.79 Å². The molecule has 0 aliphatic heterocycles. The van der Waals surface area contributed by atoms with E-state index in [-0.39, 0.29) is 29.1 Å². The molecule has 2 atom stereocenters. The van der Waals surface area contributed by atoms with Crippen molar-refractivity contribution in [3.63, 3.8) is 0 Å². The Morgan fingerprint density at radius 2 is 1.92 bits per heavy atom. The zero-order valence-electron chi connectivity index (χ0n) is 14.8. The Kier molecular flexibility index (Phi) is 6.93. The first-order valence-electron chi connectivity index (χ1n) is 8.34. The summed E-state index contributed by atoms with van der Waals surface area (Å²) in [4.78, 5) is 24.2. The molecule has 2 rings (SSSR count). The molecular weight excluding hydrogens is 346 g/mol. The lowest BCUT2D eigenvalue weighted by atomic mass is 9.86. The number of carbonyl (C=O) groups excluding carboxylic acids is 2. The monoisotopic (exact) mass is 369 g/mol. The summed E-state index contributed by atoms with van der Waals surface area (Å²) in [6.07, 6.45) is 4.38. The van der Waals surface area contributed by atoms with Crippen LogP contribution in [-0.4, -0.2) is 38.7 Å². The zero-order valence-corrected chi connectivity index (χ0v) is 15.5. The Hall–Kier alpha value is -1.95. The highest BCUT2D eigenvalue weighted by Gasteiger charge is 2.23. The Bertz CT molecular complexity index is 634. The lowest BCUT2D eigenvalue weighted by Crippen LogP contribution is -2.42. The lowest BCUT2D eigenvalue weighted by Gasteiger charge is -2.29. The molecule has 0 spiro atoms. The minimum absolute atomic E-state index is 0.149. The van der Waals surface area contributed by atoms with E-state index in [9.17, 15) is 9.59 Å². The Labute approximate surface area is 152 Å². The summed E-state index contributed by atoms with van der Waals surface area (Å²) >= 11 is 6.07. The van der Waals surface area contributed by atoms with Gasteiger partial charge in [0.15, 0.2) is 18.1 Å². The molecule has 25 heavy (non-hydrogen) atoms. The number of hydrogen-bond acceptors (Lipinski definition) is 5. The number of methoxy groups -OCH3 is 2. The third-order valence-electron chi connectivity index (χ3n) is 4.46. The number of amides is 1. The number of halogens is 1. The van der Waals surface area contributed by atoms with Crippen molar-refractivity contribution >= 4 is 23.5 Å². The highest BCUT2D eigenvalue weighted by atomic mass is 35.5. The Morgan fingerprint density at radius 1 is 1.20 bits per heavy atom. The minimum Gasteiger partial charge on any atom is -0.493 e. The zero-order chi connectivity index (χ0) is 18.4. The van der Waals surface area contributed by atoms with Crippen LogP contribution in [0.1, 0.15) is 43.0 Å². The first kappa shape index (κ1) is 19.4. The van der Waals surface area contributed by atoms with Gasteiger partial charge in [0.1, 0.15) is 0 Å². The van der Waals surface area contributed by atoms with Crippen molar-refractivity contribution in [1.29, 1.82) is 0 Å². The summed E-state index contributed by atoms with van der Waals surface area (Å²) in [7, 11) is 2.90. The van der Waals surface area contributed by atoms with Gasteiger partial charge in [0.25, 0.3) is 5.91 Å². The van der Waals surface area contributed by atoms with Gasteiger partial charge >= 0.3 is 5.97 Å². The fourth-order valence-corrected chi connectivity index (χ4v) is 3.32. The van der Waals surface area contributed by atoms with E-state index in [1.807, 2.05) is 0 Å². The van der Waals surface area contributed by atoms with E-state index in [4.69, 9.17) is 25.8 Å². The number of esters is 1. The van der Waals surface area contributed by atoms with Crippen LogP contribution < -0.4 is 14.8 Å². The molecule has 1 fully saturated rings. The molecule has 1 aromatic carbocycles. The van der Waals surface area contributed by atoms with E-state index < -0.39 is 5.97 Å². The van der Waals surface area contributed by atoms with Crippen LogP contribution in [0.5, 0.6) is 11.5 Å². The summed E-state index contributed by atoms with van der Waals surface area (Å²) in [5.41, 5.74) is 0.196. The quantitative estimate of drug-likeness (QED) is 0.779. The molecule has 1 aliphatic rings. The van der Waals surface area contributed by atoms with E-state index in [1.54, 1.807) is 0 Å². The minimum atomic E-state index is -0.644. The molecule has 6 nitrogen and oxygen atoms in total. The van der Waals surface area contributed by atoms with Crippen LogP contribution in [0.4, 0.5) is 0 Å². The molecular formula is C18H24ClNO5. The molecule has 1 N–H and O–H groups in total. The van der Waals surface area contributed by atoms with E-state index >= 15 is 0 Å². The van der Waals surface area contributed by atoms with Crippen LogP contribution in [0, 0.1) is 5.92 Å². The van der Waals surface area contributed by atoms with Gasteiger partial charge in [-0.05, 0) is 30.9 Å². The summed E-state index contributed by atoms with van der Waals surface area (Å²) < 4.78 is 15.4. The van der Waals surface area contributed by atoms with Gasteiger partial charge in [-0.2, -0.15) is 0 Å². The van der Waals surface area contributed by atoms with Gasteiger partial charge < -0.3 is 19.5 Å². The predicted octanol–water partition coefficient (Wildman–Crippen LogP) is 3.21. The summed E-state index contributed by atoms with van der Waals surface area (Å²) in [6.45, 7) is 1.80. The fraction of sp³-hybridized carbons (Fsp3) is 0.556. The average Bonchev–Trinajstić information content (AvgIpc) is 2.60. The smallest absolute Gasteiger partial charge is 0.338 e. The predicted molar refractivity (Wildman–Crippen MR) is 94.4 cm³/mol. The number of hydrogen-bond donors (Lipinski definition) is 1. The van der Waals surface area contributed by atoms with E-state index in [1.165, 1.54) is 32.8 Å². The fourth-order valence-electron chi connectivity index (χ4n) is 3.03. The van der Waals surface area contributed by atoms with Crippen molar-refractivity contribution < 1.29 is 23.8 Å². The van der Waals surface area contributed by atoms with E-state index in [0.29, 0.717) is 17.4 Å². The van der Waals surface area contributed by atoms with Gasteiger partial charge in [-0.1, -0.05) is 31.4 Å². The first-order valence-corrected chi connectivity index (χ1v) is 8.72. The summed E-state index contributed by atoms with van der Waals surface area (Å²) in [6, 6.07) is 3.04. The van der Waals surface area contributed by atoms with Crippen LogP contribution in [0.25, 0.3) is 0 Å². The summed E-state index contributed by atoms with van der Waals surface area (Å²) in [5, 5.41) is 3.17. The van der Waals surface area contributed by atoms with Gasteiger partial charge in [-0.25, -0.2) is 4.79 Å². The van der Waals surface area contributed by atoms with Gasteiger partial charge in [0, 0.05) is 6.04 Å². The number of carbonyl (C=O) groups is 2. The number of benzene rings is 1. The molecule has 0 aromatic heterocycles. The highest BCUT2D eigenvalue weighted by molar-refractivity contribution is 6.32. The van der Waals surface area contributed by atoms with Gasteiger partial charge in [0.2, 0.25) is 0 Å². The average molecular weight is 370 g/mol. The maximum Gasteiger partial charge on any atom is 0.338 e. The normalized spacial score (nSPS) is 19.8.